The zero-order chi connectivity index (χ0) is 19.8. The molecule has 2 aliphatic carbocycles. The number of ether oxygens (including phenoxy) is 2. The van der Waals surface area contributed by atoms with Gasteiger partial charge in [0.2, 0.25) is 0 Å². The molecule has 1 spiro atoms. The van der Waals surface area contributed by atoms with Crippen LogP contribution < -0.4 is 0 Å². The standard InChI is InChI=1S/C23H41N3O2/c1-4-5-13-26(2)18-20-17-24-25-22(20)19-9-10-21(28-15-8-14-27-3)23(16-19)11-6-7-12-23/h17,19,21H,4-16,18H2,1-3H3,(H,24,25)/t19-,21-/m0/s1. The highest BCUT2D eigenvalue weighted by Gasteiger charge is 2.47. The first-order valence-electron chi connectivity index (χ1n) is 11.5. The van der Waals surface area contributed by atoms with Gasteiger partial charge in [-0.3, -0.25) is 5.10 Å². The second kappa shape index (κ2) is 10.7. The molecule has 0 saturated heterocycles. The summed E-state index contributed by atoms with van der Waals surface area (Å²) in [6.07, 6.45) is 15.0. The third kappa shape index (κ3) is 5.37. The van der Waals surface area contributed by atoms with Gasteiger partial charge in [-0.25, -0.2) is 0 Å². The summed E-state index contributed by atoms with van der Waals surface area (Å²) in [7, 11) is 4.00. The van der Waals surface area contributed by atoms with Crippen molar-refractivity contribution in [2.24, 2.45) is 5.41 Å². The van der Waals surface area contributed by atoms with Gasteiger partial charge in [0.25, 0.3) is 0 Å². The number of aromatic amines is 1. The monoisotopic (exact) mass is 391 g/mol. The predicted molar refractivity (Wildman–Crippen MR) is 114 cm³/mol. The van der Waals surface area contributed by atoms with Gasteiger partial charge in [-0.2, -0.15) is 5.10 Å². The topological polar surface area (TPSA) is 50.4 Å². The number of methoxy groups -OCH3 is 1. The van der Waals surface area contributed by atoms with Crippen molar-refractivity contribution in [3.05, 3.63) is 17.5 Å². The molecule has 3 rings (SSSR count). The average Bonchev–Trinajstić information content (AvgIpc) is 3.35. The van der Waals surface area contributed by atoms with Crippen LogP contribution in [-0.4, -0.2) is 55.1 Å². The largest absolute Gasteiger partial charge is 0.385 e. The molecule has 28 heavy (non-hydrogen) atoms. The van der Waals surface area contributed by atoms with Crippen LogP contribution >= 0.6 is 0 Å². The zero-order valence-electron chi connectivity index (χ0n) is 18.3. The fraction of sp³-hybridized carbons (Fsp3) is 0.870. The van der Waals surface area contributed by atoms with Gasteiger partial charge in [0.15, 0.2) is 0 Å². The van der Waals surface area contributed by atoms with Crippen molar-refractivity contribution in [1.29, 1.82) is 0 Å². The number of H-pyrrole nitrogens is 1. The normalized spacial score (nSPS) is 24.4. The van der Waals surface area contributed by atoms with Crippen molar-refractivity contribution >= 4 is 0 Å². The Labute approximate surface area is 171 Å². The van der Waals surface area contributed by atoms with Crippen LogP contribution in [0.1, 0.15) is 88.3 Å². The average molecular weight is 392 g/mol. The Morgan fingerprint density at radius 3 is 2.79 bits per heavy atom. The summed E-state index contributed by atoms with van der Waals surface area (Å²) < 4.78 is 11.6. The van der Waals surface area contributed by atoms with Crippen molar-refractivity contribution in [1.82, 2.24) is 15.1 Å². The maximum Gasteiger partial charge on any atom is 0.0631 e. The van der Waals surface area contributed by atoms with Gasteiger partial charge in [0.05, 0.1) is 12.3 Å². The summed E-state index contributed by atoms with van der Waals surface area (Å²) in [5.41, 5.74) is 3.18. The van der Waals surface area contributed by atoms with Gasteiger partial charge in [-0.1, -0.05) is 26.2 Å². The Morgan fingerprint density at radius 2 is 2.04 bits per heavy atom. The summed E-state index contributed by atoms with van der Waals surface area (Å²) in [5, 5.41) is 7.82. The first kappa shape index (κ1) is 21.8. The summed E-state index contributed by atoms with van der Waals surface area (Å²) in [4.78, 5) is 2.44. The minimum atomic E-state index is 0.381. The molecule has 2 atom stereocenters. The van der Waals surface area contributed by atoms with Gasteiger partial charge < -0.3 is 14.4 Å². The third-order valence-corrected chi connectivity index (χ3v) is 7.02. The summed E-state index contributed by atoms with van der Waals surface area (Å²) in [6, 6.07) is 0. The smallest absolute Gasteiger partial charge is 0.0631 e. The van der Waals surface area contributed by atoms with Crippen LogP contribution in [0.3, 0.4) is 0 Å². The van der Waals surface area contributed by atoms with E-state index in [9.17, 15) is 0 Å². The fourth-order valence-electron chi connectivity index (χ4n) is 5.52. The molecule has 1 aromatic heterocycles. The van der Waals surface area contributed by atoms with E-state index in [-0.39, 0.29) is 0 Å². The first-order valence-corrected chi connectivity index (χ1v) is 11.5. The van der Waals surface area contributed by atoms with Crippen LogP contribution in [0.15, 0.2) is 6.20 Å². The molecule has 0 radical (unpaired) electrons. The highest BCUT2D eigenvalue weighted by atomic mass is 16.5. The van der Waals surface area contributed by atoms with E-state index in [1.54, 1.807) is 7.11 Å². The molecular formula is C23H41N3O2. The summed E-state index contributed by atoms with van der Waals surface area (Å²) >= 11 is 0. The molecule has 2 fully saturated rings. The molecule has 0 bridgehead atoms. The Balaban J connectivity index is 1.63. The Morgan fingerprint density at radius 1 is 1.21 bits per heavy atom. The van der Waals surface area contributed by atoms with E-state index in [2.05, 4.69) is 35.3 Å². The van der Waals surface area contributed by atoms with Crippen molar-refractivity contribution in [2.45, 2.75) is 89.7 Å². The van der Waals surface area contributed by atoms with Crippen LogP contribution in [0.5, 0.6) is 0 Å². The number of nitrogens with one attached hydrogen (secondary N) is 1. The number of hydrogen-bond donors (Lipinski definition) is 1. The Hall–Kier alpha value is -0.910. The number of aromatic nitrogens is 2. The van der Waals surface area contributed by atoms with Crippen LogP contribution in [0.25, 0.3) is 0 Å². The molecule has 5 nitrogen and oxygen atoms in total. The van der Waals surface area contributed by atoms with E-state index in [0.717, 1.165) is 32.7 Å². The maximum atomic E-state index is 6.41. The lowest BCUT2D eigenvalue weighted by Gasteiger charge is -2.44. The molecule has 2 aliphatic rings. The Kier molecular flexibility index (Phi) is 8.36. The molecule has 1 N–H and O–H groups in total. The molecule has 0 aliphatic heterocycles. The molecule has 160 valence electrons. The van der Waals surface area contributed by atoms with Gasteiger partial charge in [0.1, 0.15) is 0 Å². The number of hydrogen-bond acceptors (Lipinski definition) is 4. The molecule has 0 unspecified atom stereocenters. The van der Waals surface area contributed by atoms with Gasteiger partial charge in [0, 0.05) is 44.0 Å². The van der Waals surface area contributed by atoms with Gasteiger partial charge >= 0.3 is 0 Å². The summed E-state index contributed by atoms with van der Waals surface area (Å²) in [5.74, 6) is 0.606. The molecule has 0 amide bonds. The highest BCUT2D eigenvalue weighted by Crippen LogP contribution is 2.54. The van der Waals surface area contributed by atoms with Crippen molar-refractivity contribution in [3.8, 4) is 0 Å². The minimum absolute atomic E-state index is 0.381. The predicted octanol–water partition coefficient (Wildman–Crippen LogP) is 4.89. The number of rotatable bonds is 11. The zero-order valence-corrected chi connectivity index (χ0v) is 18.3. The van der Waals surface area contributed by atoms with Gasteiger partial charge in [-0.15, -0.1) is 0 Å². The van der Waals surface area contributed by atoms with Gasteiger partial charge in [-0.05, 0) is 64.0 Å². The minimum Gasteiger partial charge on any atom is -0.385 e. The maximum absolute atomic E-state index is 6.41. The van der Waals surface area contributed by atoms with Crippen molar-refractivity contribution in [2.75, 3.05) is 33.9 Å². The number of unbranched alkanes of at least 4 members (excludes halogenated alkanes) is 1. The molecule has 2 saturated carbocycles. The van der Waals surface area contributed by atoms with Crippen LogP contribution in [0.2, 0.25) is 0 Å². The Bertz CT molecular complexity index is 568. The third-order valence-electron chi connectivity index (χ3n) is 7.02. The summed E-state index contributed by atoms with van der Waals surface area (Å²) in [6.45, 7) is 6.06. The second-order valence-corrected chi connectivity index (χ2v) is 9.15. The van der Waals surface area contributed by atoms with E-state index in [0.29, 0.717) is 17.4 Å². The van der Waals surface area contributed by atoms with Crippen LogP contribution in [0.4, 0.5) is 0 Å². The quantitative estimate of drug-likeness (QED) is 0.546. The highest BCUT2D eigenvalue weighted by molar-refractivity contribution is 5.22. The lowest BCUT2D eigenvalue weighted by molar-refractivity contribution is -0.0736. The van der Waals surface area contributed by atoms with E-state index in [1.165, 1.54) is 69.0 Å². The number of nitrogens with zero attached hydrogens (tertiary/aromatic N) is 2. The lowest BCUT2D eigenvalue weighted by atomic mass is 9.65. The molecule has 1 aromatic rings. The van der Waals surface area contributed by atoms with E-state index in [4.69, 9.17) is 9.47 Å². The molecular weight excluding hydrogens is 350 g/mol. The fourth-order valence-corrected chi connectivity index (χ4v) is 5.52. The molecule has 0 aromatic carbocycles. The van der Waals surface area contributed by atoms with Crippen molar-refractivity contribution < 1.29 is 9.47 Å². The van der Waals surface area contributed by atoms with Crippen LogP contribution in [-0.2, 0) is 16.0 Å². The lowest BCUT2D eigenvalue weighted by Crippen LogP contribution is -2.41. The van der Waals surface area contributed by atoms with Crippen LogP contribution in [0, 0.1) is 5.41 Å². The molecule has 1 heterocycles. The SMILES string of the molecule is CCCCN(C)Cc1cn[nH]c1[C@H]1CC[C@H](OCCCOC)C2(CCCC2)C1. The first-order chi connectivity index (χ1) is 13.7. The second-order valence-electron chi connectivity index (χ2n) is 9.15. The van der Waals surface area contributed by atoms with E-state index in [1.807, 2.05) is 0 Å². The van der Waals surface area contributed by atoms with E-state index < -0.39 is 0 Å². The van der Waals surface area contributed by atoms with Crippen molar-refractivity contribution in [3.63, 3.8) is 0 Å². The van der Waals surface area contributed by atoms with E-state index >= 15 is 0 Å². The molecule has 5 heteroatoms.